The fraction of sp³-hybridized carbons (Fsp3) is 0.105. The predicted octanol–water partition coefficient (Wildman–Crippen LogP) is 3.67. The Labute approximate surface area is 165 Å². The number of nitrogens with one attached hydrogen (secondary N) is 2. The van der Waals surface area contributed by atoms with Crippen molar-refractivity contribution in [2.45, 2.75) is 12.7 Å². The van der Waals surface area contributed by atoms with Gasteiger partial charge in [-0.15, -0.1) is 0 Å². The van der Waals surface area contributed by atoms with Gasteiger partial charge in [0.15, 0.2) is 5.15 Å². The van der Waals surface area contributed by atoms with E-state index in [1.807, 2.05) is 42.5 Å². The molecule has 4 rings (SSSR count). The van der Waals surface area contributed by atoms with Crippen LogP contribution in [0.2, 0.25) is 5.15 Å². The van der Waals surface area contributed by atoms with Crippen molar-refractivity contribution in [2.75, 3.05) is 0 Å². The fourth-order valence-corrected chi connectivity index (χ4v) is 3.31. The van der Waals surface area contributed by atoms with Gasteiger partial charge in [0.1, 0.15) is 5.65 Å². The highest BCUT2D eigenvalue weighted by Gasteiger charge is 2.38. The summed E-state index contributed by atoms with van der Waals surface area (Å²) in [5, 5.41) is 7.75. The molecule has 2 heterocycles. The minimum absolute atomic E-state index is 0.0603. The number of aromatic nitrogens is 3. The lowest BCUT2D eigenvalue weighted by atomic mass is 10.0. The van der Waals surface area contributed by atoms with Gasteiger partial charge in [0.05, 0.1) is 12.1 Å². The molecule has 0 bridgehead atoms. The van der Waals surface area contributed by atoms with Crippen LogP contribution >= 0.6 is 11.6 Å². The minimum Gasteiger partial charge on any atom is -0.343 e. The number of hydrogen-bond acceptors (Lipinski definition) is 3. The molecule has 0 aliphatic carbocycles. The average Bonchev–Trinajstić information content (AvgIpc) is 3.01. The van der Waals surface area contributed by atoms with Crippen LogP contribution in [0.25, 0.3) is 27.5 Å². The highest BCUT2D eigenvalue weighted by Crippen LogP contribution is 2.32. The molecule has 2 aromatic carbocycles. The molecule has 0 fully saturated rings. The molecule has 0 spiro atoms. The molecule has 0 radical (unpaired) electrons. The Balaban J connectivity index is 1.80. The number of amides is 1. The molecule has 0 saturated carbocycles. The first-order valence-corrected chi connectivity index (χ1v) is 8.76. The van der Waals surface area contributed by atoms with Crippen LogP contribution in [0.15, 0.2) is 53.3 Å². The maximum absolute atomic E-state index is 12.4. The number of hydrogen-bond donors (Lipinski definition) is 2. The highest BCUT2D eigenvalue weighted by molar-refractivity contribution is 6.33. The van der Waals surface area contributed by atoms with E-state index in [4.69, 9.17) is 11.6 Å². The first-order valence-electron chi connectivity index (χ1n) is 8.38. The van der Waals surface area contributed by atoms with Crippen LogP contribution in [-0.4, -0.2) is 26.7 Å². The smallest absolute Gasteiger partial charge is 0.343 e. The predicted molar refractivity (Wildman–Crippen MR) is 102 cm³/mol. The molecule has 2 N–H and O–H groups in total. The van der Waals surface area contributed by atoms with Gasteiger partial charge in [-0.1, -0.05) is 48.0 Å². The van der Waals surface area contributed by atoms with Crippen LogP contribution in [0.1, 0.15) is 5.69 Å². The SMILES string of the molecule is O=C(NCc1cc(=O)n2nc(Cl)c(-c3ccc4ccccc4c3)c2[nH]1)C(F)(F)F. The van der Waals surface area contributed by atoms with E-state index in [9.17, 15) is 22.8 Å². The molecule has 0 atom stereocenters. The maximum atomic E-state index is 12.4. The van der Waals surface area contributed by atoms with Gasteiger partial charge in [0, 0.05) is 11.8 Å². The van der Waals surface area contributed by atoms with E-state index in [0.29, 0.717) is 11.1 Å². The maximum Gasteiger partial charge on any atom is 0.471 e. The van der Waals surface area contributed by atoms with Crippen molar-refractivity contribution >= 4 is 33.9 Å². The number of rotatable bonds is 3. The van der Waals surface area contributed by atoms with E-state index in [0.717, 1.165) is 21.4 Å². The number of nitrogens with zero attached hydrogens (tertiary/aromatic N) is 2. The van der Waals surface area contributed by atoms with Crippen molar-refractivity contribution in [3.8, 4) is 11.1 Å². The van der Waals surface area contributed by atoms with E-state index < -0.39 is 24.2 Å². The summed E-state index contributed by atoms with van der Waals surface area (Å²) in [6.45, 7) is -0.510. The standard InChI is InChI=1S/C19H12ClF3N4O2/c20-16-15(12-6-5-10-3-1-2-4-11(10)7-12)17-25-13(8-14(28)27(17)26-16)9-24-18(29)19(21,22)23/h1-8,25H,9H2,(H,24,29). The molecule has 0 saturated heterocycles. The minimum atomic E-state index is -5.01. The molecule has 6 nitrogen and oxygen atoms in total. The first-order chi connectivity index (χ1) is 13.7. The third-order valence-corrected chi connectivity index (χ3v) is 4.63. The molecule has 1 amide bonds. The zero-order valence-electron chi connectivity index (χ0n) is 14.5. The fourth-order valence-electron chi connectivity index (χ4n) is 3.04. The molecule has 10 heteroatoms. The summed E-state index contributed by atoms with van der Waals surface area (Å²) in [5.74, 6) is -2.10. The number of halogens is 4. The summed E-state index contributed by atoms with van der Waals surface area (Å²) in [6, 6.07) is 14.3. The van der Waals surface area contributed by atoms with Crippen LogP contribution in [0.5, 0.6) is 0 Å². The Kier molecular flexibility index (Phi) is 4.54. The lowest BCUT2D eigenvalue weighted by Gasteiger charge is -2.09. The number of benzene rings is 2. The summed E-state index contributed by atoms with van der Waals surface area (Å²) in [4.78, 5) is 26.2. The van der Waals surface area contributed by atoms with Crippen LogP contribution in [0, 0.1) is 0 Å². The normalized spacial score (nSPS) is 11.9. The Bertz CT molecular complexity index is 1310. The molecular weight excluding hydrogens is 409 g/mol. The van der Waals surface area contributed by atoms with Gasteiger partial charge >= 0.3 is 12.1 Å². The van der Waals surface area contributed by atoms with Crippen molar-refractivity contribution < 1.29 is 18.0 Å². The summed E-state index contributed by atoms with van der Waals surface area (Å²) in [5.41, 5.74) is 0.811. The van der Waals surface area contributed by atoms with Gasteiger partial charge in [-0.3, -0.25) is 9.59 Å². The average molecular weight is 421 g/mol. The number of fused-ring (bicyclic) bond motifs is 2. The number of aromatic amines is 1. The molecule has 0 aliphatic rings. The lowest BCUT2D eigenvalue weighted by Crippen LogP contribution is -2.36. The first kappa shape index (κ1) is 19.0. The Morgan fingerprint density at radius 1 is 1.14 bits per heavy atom. The molecule has 148 valence electrons. The van der Waals surface area contributed by atoms with Crippen LogP contribution in [0.4, 0.5) is 13.2 Å². The Morgan fingerprint density at radius 2 is 1.86 bits per heavy atom. The van der Waals surface area contributed by atoms with E-state index >= 15 is 0 Å². The lowest BCUT2D eigenvalue weighted by molar-refractivity contribution is -0.173. The van der Waals surface area contributed by atoms with Crippen LogP contribution in [-0.2, 0) is 11.3 Å². The topological polar surface area (TPSA) is 79.3 Å². The van der Waals surface area contributed by atoms with Crippen LogP contribution in [0.3, 0.4) is 0 Å². The molecule has 29 heavy (non-hydrogen) atoms. The van der Waals surface area contributed by atoms with Crippen molar-refractivity contribution in [3.63, 3.8) is 0 Å². The van der Waals surface area contributed by atoms with E-state index in [1.54, 1.807) is 5.32 Å². The van der Waals surface area contributed by atoms with Gasteiger partial charge in [-0.25, -0.2) is 0 Å². The van der Waals surface area contributed by atoms with Gasteiger partial charge in [-0.2, -0.15) is 22.8 Å². The molecular formula is C19H12ClF3N4O2. The number of carbonyl (C=O) groups is 1. The van der Waals surface area contributed by atoms with E-state index in [1.165, 1.54) is 0 Å². The largest absolute Gasteiger partial charge is 0.471 e. The number of carbonyl (C=O) groups excluding carboxylic acids is 1. The highest BCUT2D eigenvalue weighted by atomic mass is 35.5. The van der Waals surface area contributed by atoms with Crippen molar-refractivity contribution in [1.82, 2.24) is 19.9 Å². The van der Waals surface area contributed by atoms with E-state index in [2.05, 4.69) is 10.1 Å². The van der Waals surface area contributed by atoms with Crippen LogP contribution < -0.4 is 10.9 Å². The third-order valence-electron chi connectivity index (χ3n) is 4.36. The molecule has 0 unspecified atom stereocenters. The summed E-state index contributed by atoms with van der Waals surface area (Å²) in [7, 11) is 0. The Morgan fingerprint density at radius 3 is 2.59 bits per heavy atom. The summed E-state index contributed by atoms with van der Waals surface area (Å²) < 4.78 is 38.2. The second kappa shape index (κ2) is 6.93. The molecule has 0 aliphatic heterocycles. The monoisotopic (exact) mass is 420 g/mol. The summed E-state index contributed by atoms with van der Waals surface area (Å²) >= 11 is 6.26. The van der Waals surface area contributed by atoms with Crippen molar-refractivity contribution in [2.24, 2.45) is 0 Å². The van der Waals surface area contributed by atoms with Gasteiger partial charge in [0.2, 0.25) is 0 Å². The van der Waals surface area contributed by atoms with Crippen molar-refractivity contribution in [1.29, 1.82) is 0 Å². The zero-order valence-corrected chi connectivity index (χ0v) is 15.3. The molecule has 2 aromatic heterocycles. The van der Waals surface area contributed by atoms with Gasteiger partial charge in [0.25, 0.3) is 5.56 Å². The van der Waals surface area contributed by atoms with E-state index in [-0.39, 0.29) is 16.5 Å². The number of alkyl halides is 3. The van der Waals surface area contributed by atoms with Gasteiger partial charge < -0.3 is 10.3 Å². The second-order valence-corrected chi connectivity index (χ2v) is 6.66. The number of H-pyrrole nitrogens is 1. The van der Waals surface area contributed by atoms with Crippen molar-refractivity contribution in [3.05, 3.63) is 69.7 Å². The zero-order chi connectivity index (χ0) is 20.8. The summed E-state index contributed by atoms with van der Waals surface area (Å²) in [6.07, 6.45) is -5.01. The van der Waals surface area contributed by atoms with Gasteiger partial charge in [-0.05, 0) is 22.4 Å². The molecule has 4 aromatic rings. The Hall–Kier alpha value is -3.33. The quantitative estimate of drug-likeness (QED) is 0.530. The third kappa shape index (κ3) is 3.56. The second-order valence-electron chi connectivity index (χ2n) is 6.30.